The Bertz CT molecular complexity index is 1240. The van der Waals surface area contributed by atoms with Gasteiger partial charge in [0.2, 0.25) is 5.88 Å². The van der Waals surface area contributed by atoms with E-state index in [9.17, 15) is 0 Å². The molecule has 2 aliphatic heterocycles. The maximum Gasteiger partial charge on any atom is 0.248 e. The first-order valence-corrected chi connectivity index (χ1v) is 12.5. The molecular formula is C26H30ClN5O5. The highest BCUT2D eigenvalue weighted by molar-refractivity contribution is 6.32. The molecule has 5 rings (SSSR count). The van der Waals surface area contributed by atoms with Gasteiger partial charge in [0.25, 0.3) is 0 Å². The lowest BCUT2D eigenvalue weighted by atomic mass is 10.1. The van der Waals surface area contributed by atoms with Gasteiger partial charge in [-0.1, -0.05) is 11.6 Å². The maximum atomic E-state index is 6.29. The Morgan fingerprint density at radius 1 is 1.05 bits per heavy atom. The van der Waals surface area contributed by atoms with Crippen LogP contribution >= 0.6 is 11.6 Å². The number of fused-ring (bicyclic) bond motifs is 2. The number of rotatable bonds is 9. The van der Waals surface area contributed by atoms with Gasteiger partial charge in [-0.3, -0.25) is 4.90 Å². The Labute approximate surface area is 220 Å². The van der Waals surface area contributed by atoms with Crippen molar-refractivity contribution in [2.45, 2.75) is 13.0 Å². The zero-order chi connectivity index (χ0) is 25.6. The summed E-state index contributed by atoms with van der Waals surface area (Å²) in [5.41, 5.74) is 2.31. The first-order chi connectivity index (χ1) is 18.1. The molecule has 10 nitrogen and oxygen atoms in total. The molecule has 37 heavy (non-hydrogen) atoms. The van der Waals surface area contributed by atoms with E-state index >= 15 is 0 Å². The maximum absolute atomic E-state index is 6.29. The molecule has 0 saturated carbocycles. The van der Waals surface area contributed by atoms with Crippen LogP contribution in [-0.2, 0) is 11.3 Å². The molecule has 0 amide bonds. The average Bonchev–Trinajstić information content (AvgIpc) is 3.10. The van der Waals surface area contributed by atoms with Gasteiger partial charge in [-0.15, -0.1) is 0 Å². The summed E-state index contributed by atoms with van der Waals surface area (Å²) in [5.74, 6) is 3.48. The lowest BCUT2D eigenvalue weighted by Gasteiger charge is -2.26. The standard InChI is InChI=1S/C26H30ClN5O5/c1-33-20-5-4-18(13-19(20)27)31-25-24-26(30-16-29-25)37-21-14-22(34-2)23(12-17(21)15-28-24)36-9-3-6-32-7-10-35-11-8-32/h4-5,12-14,16,28H,3,6-11,15H2,1-2H3,(H,29,30,31). The van der Waals surface area contributed by atoms with E-state index in [4.69, 9.17) is 35.3 Å². The monoisotopic (exact) mass is 527 g/mol. The highest BCUT2D eigenvalue weighted by atomic mass is 35.5. The number of benzene rings is 2. The van der Waals surface area contributed by atoms with Crippen LogP contribution in [-0.4, -0.2) is 68.5 Å². The summed E-state index contributed by atoms with van der Waals surface area (Å²) in [4.78, 5) is 11.1. The van der Waals surface area contributed by atoms with Crippen molar-refractivity contribution in [3.63, 3.8) is 0 Å². The van der Waals surface area contributed by atoms with Gasteiger partial charge in [0.15, 0.2) is 17.3 Å². The number of morpholine rings is 1. The van der Waals surface area contributed by atoms with Crippen LogP contribution < -0.4 is 29.6 Å². The lowest BCUT2D eigenvalue weighted by molar-refractivity contribution is 0.0357. The Kier molecular flexibility index (Phi) is 7.98. The first kappa shape index (κ1) is 25.2. The number of halogens is 1. The van der Waals surface area contributed by atoms with Crippen molar-refractivity contribution >= 4 is 28.8 Å². The Morgan fingerprint density at radius 3 is 2.68 bits per heavy atom. The summed E-state index contributed by atoms with van der Waals surface area (Å²) in [6.45, 7) is 5.58. The smallest absolute Gasteiger partial charge is 0.248 e. The molecule has 0 atom stereocenters. The van der Waals surface area contributed by atoms with E-state index in [1.165, 1.54) is 6.33 Å². The number of ether oxygens (including phenoxy) is 5. The third-order valence-electron chi connectivity index (χ3n) is 6.22. The summed E-state index contributed by atoms with van der Waals surface area (Å²) in [6.07, 6.45) is 2.36. The van der Waals surface area contributed by atoms with E-state index in [-0.39, 0.29) is 0 Å². The zero-order valence-electron chi connectivity index (χ0n) is 20.9. The number of nitrogens with one attached hydrogen (secondary N) is 2. The van der Waals surface area contributed by atoms with Crippen molar-refractivity contribution < 1.29 is 23.7 Å². The van der Waals surface area contributed by atoms with E-state index in [0.717, 1.165) is 50.5 Å². The summed E-state index contributed by atoms with van der Waals surface area (Å²) in [5, 5.41) is 7.17. The Hall–Kier alpha value is -3.47. The van der Waals surface area contributed by atoms with Crippen molar-refractivity contribution in [3.8, 4) is 28.9 Å². The topological polar surface area (TPSA) is 99.2 Å². The molecule has 1 fully saturated rings. The molecule has 0 aliphatic carbocycles. The predicted molar refractivity (Wildman–Crippen MR) is 141 cm³/mol. The molecule has 2 aromatic carbocycles. The molecule has 2 aliphatic rings. The minimum absolute atomic E-state index is 0.400. The number of anilines is 3. The second-order valence-electron chi connectivity index (χ2n) is 8.60. The van der Waals surface area contributed by atoms with Crippen LogP contribution in [0.5, 0.6) is 28.9 Å². The normalized spacial score (nSPS) is 14.9. The molecule has 0 spiro atoms. The fourth-order valence-corrected chi connectivity index (χ4v) is 4.51. The van der Waals surface area contributed by atoms with Crippen molar-refractivity contribution in [1.82, 2.24) is 14.9 Å². The van der Waals surface area contributed by atoms with Crippen molar-refractivity contribution in [1.29, 1.82) is 0 Å². The van der Waals surface area contributed by atoms with Gasteiger partial charge >= 0.3 is 0 Å². The van der Waals surface area contributed by atoms with Crippen LogP contribution in [0.3, 0.4) is 0 Å². The van der Waals surface area contributed by atoms with E-state index in [2.05, 4.69) is 25.5 Å². The summed E-state index contributed by atoms with van der Waals surface area (Å²) >= 11 is 6.29. The largest absolute Gasteiger partial charge is 0.495 e. The predicted octanol–water partition coefficient (Wildman–Crippen LogP) is 4.71. The molecule has 2 N–H and O–H groups in total. The minimum atomic E-state index is 0.400. The molecule has 196 valence electrons. The fourth-order valence-electron chi connectivity index (χ4n) is 4.25. The van der Waals surface area contributed by atoms with Gasteiger partial charge in [-0.05, 0) is 30.7 Å². The molecule has 1 aromatic heterocycles. The van der Waals surface area contributed by atoms with E-state index in [1.54, 1.807) is 26.4 Å². The molecule has 0 unspecified atom stereocenters. The SMILES string of the molecule is COc1ccc(Nc2ncnc3c2NCc2cc(OCCCN4CCOCC4)c(OC)cc2O3)cc1Cl. The van der Waals surface area contributed by atoms with Gasteiger partial charge in [-0.25, -0.2) is 4.98 Å². The van der Waals surface area contributed by atoms with Crippen LogP contribution in [0.2, 0.25) is 5.02 Å². The third-order valence-corrected chi connectivity index (χ3v) is 6.51. The molecule has 1 saturated heterocycles. The van der Waals surface area contributed by atoms with Crippen LogP contribution in [0.4, 0.5) is 17.2 Å². The van der Waals surface area contributed by atoms with E-state index in [0.29, 0.717) is 58.6 Å². The van der Waals surface area contributed by atoms with Crippen molar-refractivity contribution in [2.24, 2.45) is 0 Å². The Morgan fingerprint density at radius 2 is 1.89 bits per heavy atom. The molecule has 0 bridgehead atoms. The first-order valence-electron chi connectivity index (χ1n) is 12.2. The number of methoxy groups -OCH3 is 2. The molecule has 3 heterocycles. The molecular weight excluding hydrogens is 498 g/mol. The second-order valence-corrected chi connectivity index (χ2v) is 9.01. The quantitative estimate of drug-likeness (QED) is 0.380. The average molecular weight is 528 g/mol. The summed E-state index contributed by atoms with van der Waals surface area (Å²) < 4.78 is 28.5. The second kappa shape index (κ2) is 11.7. The molecule has 0 radical (unpaired) electrons. The van der Waals surface area contributed by atoms with E-state index < -0.39 is 0 Å². The zero-order valence-corrected chi connectivity index (χ0v) is 21.6. The van der Waals surface area contributed by atoms with Crippen molar-refractivity contribution in [2.75, 3.05) is 64.3 Å². The number of hydrogen-bond donors (Lipinski definition) is 2. The lowest BCUT2D eigenvalue weighted by Crippen LogP contribution is -2.37. The van der Waals surface area contributed by atoms with Crippen molar-refractivity contribution in [3.05, 3.63) is 47.2 Å². The molecule has 3 aromatic rings. The van der Waals surface area contributed by atoms with Crippen LogP contribution in [0, 0.1) is 0 Å². The van der Waals surface area contributed by atoms with Gasteiger partial charge in [0.05, 0.1) is 39.1 Å². The summed E-state index contributed by atoms with van der Waals surface area (Å²) in [6, 6.07) is 9.21. The van der Waals surface area contributed by atoms with Gasteiger partial charge in [0.1, 0.15) is 23.5 Å². The summed E-state index contributed by atoms with van der Waals surface area (Å²) in [7, 11) is 3.20. The van der Waals surface area contributed by atoms with E-state index in [1.807, 2.05) is 18.2 Å². The number of aromatic nitrogens is 2. The highest BCUT2D eigenvalue weighted by Crippen LogP contribution is 2.43. The van der Waals surface area contributed by atoms with Crippen LogP contribution in [0.1, 0.15) is 12.0 Å². The highest BCUT2D eigenvalue weighted by Gasteiger charge is 2.22. The number of hydrogen-bond acceptors (Lipinski definition) is 10. The third kappa shape index (κ3) is 5.93. The Balaban J connectivity index is 1.29. The van der Waals surface area contributed by atoms with Gasteiger partial charge in [0, 0.05) is 43.5 Å². The minimum Gasteiger partial charge on any atom is -0.495 e. The van der Waals surface area contributed by atoms with Crippen LogP contribution in [0.15, 0.2) is 36.7 Å². The fraction of sp³-hybridized carbons (Fsp3) is 0.385. The van der Waals surface area contributed by atoms with Gasteiger partial charge in [-0.2, -0.15) is 4.98 Å². The molecule has 11 heteroatoms. The van der Waals surface area contributed by atoms with Gasteiger partial charge < -0.3 is 34.3 Å². The van der Waals surface area contributed by atoms with Crippen LogP contribution in [0.25, 0.3) is 0 Å². The number of nitrogens with zero attached hydrogens (tertiary/aromatic N) is 3.